The van der Waals surface area contributed by atoms with Gasteiger partial charge < -0.3 is 18.9 Å². The van der Waals surface area contributed by atoms with Crippen molar-refractivity contribution in [2.24, 2.45) is 0 Å². The molecule has 2 aliphatic heterocycles. The number of cyclic esters (lactones) is 1. The largest absolute Gasteiger partial charge is 0.449 e. The zero-order chi connectivity index (χ0) is 21.0. The van der Waals surface area contributed by atoms with Crippen LogP contribution in [0.5, 0.6) is 0 Å². The van der Waals surface area contributed by atoms with Crippen molar-refractivity contribution >= 4 is 17.7 Å². The smallest absolute Gasteiger partial charge is 0.348 e. The monoisotopic (exact) mass is 414 g/mol. The summed E-state index contributed by atoms with van der Waals surface area (Å²) in [5, 5.41) is 0. The Morgan fingerprint density at radius 3 is 2.57 bits per heavy atom. The number of hydrogen-bond donors (Lipinski definition) is 0. The van der Waals surface area contributed by atoms with Gasteiger partial charge in [0.2, 0.25) is 6.10 Å². The van der Waals surface area contributed by atoms with Crippen LogP contribution in [0.1, 0.15) is 55.3 Å². The van der Waals surface area contributed by atoms with Crippen LogP contribution >= 0.6 is 0 Å². The molecule has 0 N–H and O–H groups in total. The highest BCUT2D eigenvalue weighted by Gasteiger charge is 2.48. The molecule has 1 aliphatic carbocycles. The number of allylic oxidation sites excluding steroid dienone is 1. The Morgan fingerprint density at radius 2 is 1.80 bits per heavy atom. The topological polar surface area (TPSA) is 88.1 Å². The van der Waals surface area contributed by atoms with Gasteiger partial charge in [-0.1, -0.05) is 36.8 Å². The summed E-state index contributed by atoms with van der Waals surface area (Å²) in [4.78, 5) is 37.9. The Bertz CT molecular complexity index is 810. The first-order valence-electron chi connectivity index (χ1n) is 10.5. The maximum atomic E-state index is 12.8. The highest BCUT2D eigenvalue weighted by Crippen LogP contribution is 2.39. The van der Waals surface area contributed by atoms with Crippen molar-refractivity contribution in [2.45, 2.75) is 69.0 Å². The maximum absolute atomic E-state index is 12.8. The summed E-state index contributed by atoms with van der Waals surface area (Å²) < 4.78 is 23.0. The highest BCUT2D eigenvalue weighted by atomic mass is 16.8. The van der Waals surface area contributed by atoms with Gasteiger partial charge in [0.1, 0.15) is 6.10 Å². The molecule has 1 aromatic carbocycles. The van der Waals surface area contributed by atoms with E-state index in [-0.39, 0.29) is 25.2 Å². The number of hydrogen-bond acceptors (Lipinski definition) is 7. The van der Waals surface area contributed by atoms with Crippen molar-refractivity contribution in [1.82, 2.24) is 0 Å². The van der Waals surface area contributed by atoms with Gasteiger partial charge in [-0.25, -0.2) is 9.59 Å². The van der Waals surface area contributed by atoms with Crippen LogP contribution < -0.4 is 0 Å². The van der Waals surface area contributed by atoms with E-state index in [1.54, 1.807) is 42.5 Å². The van der Waals surface area contributed by atoms with Gasteiger partial charge in [0, 0.05) is 25.7 Å². The van der Waals surface area contributed by atoms with Crippen LogP contribution in [0, 0.1) is 0 Å². The molecule has 7 heteroatoms. The molecule has 1 aromatic rings. The number of carbonyl (C=O) groups is 3. The molecule has 3 atom stereocenters. The number of esters is 2. The Hall–Kier alpha value is -2.51. The molecule has 0 amide bonds. The van der Waals surface area contributed by atoms with Gasteiger partial charge in [0.15, 0.2) is 17.7 Å². The number of benzene rings is 1. The predicted octanol–water partition coefficient (Wildman–Crippen LogP) is 3.12. The van der Waals surface area contributed by atoms with E-state index in [1.807, 2.05) is 0 Å². The first-order chi connectivity index (χ1) is 14.6. The van der Waals surface area contributed by atoms with Gasteiger partial charge in [-0.15, -0.1) is 0 Å². The highest BCUT2D eigenvalue weighted by molar-refractivity contribution is 5.92. The fraction of sp³-hybridized carbons (Fsp3) is 0.522. The third-order valence-electron chi connectivity index (χ3n) is 5.75. The SMILES string of the molecule is O=C(O[C@@H]1C/C=C\CC(=O)[C@@H]([C@@H]2COC3(CCCCC3)O2)OC1=O)c1ccccc1. The van der Waals surface area contributed by atoms with Gasteiger partial charge in [0.05, 0.1) is 12.2 Å². The lowest BCUT2D eigenvalue weighted by Crippen LogP contribution is -2.43. The van der Waals surface area contributed by atoms with E-state index in [1.165, 1.54) is 0 Å². The number of carbonyl (C=O) groups excluding carboxylic acids is 3. The van der Waals surface area contributed by atoms with Crippen molar-refractivity contribution < 1.29 is 33.3 Å². The number of Topliss-reactive ketones (excluding diaryl/α,β-unsaturated/α-hetero) is 1. The summed E-state index contributed by atoms with van der Waals surface area (Å²) in [6, 6.07) is 8.43. The normalized spacial score (nSPS) is 30.1. The van der Waals surface area contributed by atoms with E-state index in [2.05, 4.69) is 0 Å². The van der Waals surface area contributed by atoms with Crippen molar-refractivity contribution in [3.63, 3.8) is 0 Å². The summed E-state index contributed by atoms with van der Waals surface area (Å²) in [5.74, 6) is -2.30. The van der Waals surface area contributed by atoms with E-state index in [0.29, 0.717) is 5.56 Å². The summed E-state index contributed by atoms with van der Waals surface area (Å²) in [5.41, 5.74) is 0.341. The minimum atomic E-state index is -1.13. The Kier molecular flexibility index (Phi) is 6.29. The fourth-order valence-electron chi connectivity index (χ4n) is 4.13. The van der Waals surface area contributed by atoms with Crippen LogP contribution in [0.25, 0.3) is 0 Å². The van der Waals surface area contributed by atoms with Crippen LogP contribution in [0.2, 0.25) is 0 Å². The van der Waals surface area contributed by atoms with E-state index < -0.39 is 36.0 Å². The zero-order valence-corrected chi connectivity index (χ0v) is 16.8. The first kappa shape index (κ1) is 20.8. The average molecular weight is 414 g/mol. The predicted molar refractivity (Wildman–Crippen MR) is 106 cm³/mol. The van der Waals surface area contributed by atoms with Crippen LogP contribution in [-0.2, 0) is 28.5 Å². The molecule has 3 aliphatic rings. The molecular formula is C23H26O7. The lowest BCUT2D eigenvalue weighted by Gasteiger charge is -2.32. The van der Waals surface area contributed by atoms with Crippen molar-refractivity contribution in [1.29, 1.82) is 0 Å². The summed E-state index contributed by atoms with van der Waals surface area (Å²) in [7, 11) is 0. The minimum absolute atomic E-state index is 0.115. The standard InChI is InChI=1S/C23H26O7/c24-17-11-5-6-12-18(28-21(25)16-9-3-1-4-10-16)22(26)29-20(17)19-15-27-23(30-19)13-7-2-8-14-23/h1,3-6,9-10,18-20H,2,7-8,11-15H2/b6-5-/t18-,19+,20+/m1/s1. The van der Waals surface area contributed by atoms with Gasteiger partial charge in [0.25, 0.3) is 0 Å². The number of ether oxygens (including phenoxy) is 4. The minimum Gasteiger partial charge on any atom is -0.449 e. The molecule has 160 valence electrons. The molecule has 0 radical (unpaired) electrons. The lowest BCUT2D eigenvalue weighted by molar-refractivity contribution is -0.202. The van der Waals surface area contributed by atoms with Crippen molar-refractivity contribution in [3.8, 4) is 0 Å². The summed E-state index contributed by atoms with van der Waals surface area (Å²) >= 11 is 0. The van der Waals surface area contributed by atoms with Crippen LogP contribution in [0.15, 0.2) is 42.5 Å². The molecule has 2 heterocycles. The van der Waals surface area contributed by atoms with Crippen molar-refractivity contribution in [3.05, 3.63) is 48.0 Å². The van der Waals surface area contributed by atoms with Crippen LogP contribution in [0.3, 0.4) is 0 Å². The first-order valence-corrected chi connectivity index (χ1v) is 10.5. The third-order valence-corrected chi connectivity index (χ3v) is 5.75. The second kappa shape index (κ2) is 9.10. The molecule has 1 saturated carbocycles. The number of ketones is 1. The molecule has 4 rings (SSSR count). The molecule has 30 heavy (non-hydrogen) atoms. The van der Waals surface area contributed by atoms with Crippen molar-refractivity contribution in [2.75, 3.05) is 6.61 Å². The van der Waals surface area contributed by atoms with E-state index in [9.17, 15) is 14.4 Å². The molecule has 0 bridgehead atoms. The molecule has 0 aromatic heterocycles. The van der Waals surface area contributed by atoms with Crippen LogP contribution in [0.4, 0.5) is 0 Å². The second-order valence-electron chi connectivity index (χ2n) is 7.93. The summed E-state index contributed by atoms with van der Waals surface area (Å²) in [6.07, 6.45) is 5.42. The third kappa shape index (κ3) is 4.63. The van der Waals surface area contributed by atoms with Gasteiger partial charge in [-0.2, -0.15) is 0 Å². The number of rotatable bonds is 3. The lowest BCUT2D eigenvalue weighted by atomic mass is 9.94. The quantitative estimate of drug-likeness (QED) is 0.555. The zero-order valence-electron chi connectivity index (χ0n) is 16.8. The molecule has 1 spiro atoms. The Morgan fingerprint density at radius 1 is 1.03 bits per heavy atom. The second-order valence-corrected chi connectivity index (χ2v) is 7.93. The van der Waals surface area contributed by atoms with Crippen LogP contribution in [-0.4, -0.2) is 48.4 Å². The molecule has 7 nitrogen and oxygen atoms in total. The van der Waals surface area contributed by atoms with E-state index in [0.717, 1.165) is 32.1 Å². The maximum Gasteiger partial charge on any atom is 0.348 e. The van der Waals surface area contributed by atoms with Gasteiger partial charge in [-0.3, -0.25) is 4.79 Å². The van der Waals surface area contributed by atoms with E-state index in [4.69, 9.17) is 18.9 Å². The fourth-order valence-corrected chi connectivity index (χ4v) is 4.13. The Labute approximate surface area is 175 Å². The average Bonchev–Trinajstić information content (AvgIpc) is 3.18. The molecule has 2 fully saturated rings. The molecule has 1 saturated heterocycles. The van der Waals surface area contributed by atoms with E-state index >= 15 is 0 Å². The van der Waals surface area contributed by atoms with Gasteiger partial charge >= 0.3 is 11.9 Å². The molecule has 0 unspecified atom stereocenters. The Balaban J connectivity index is 1.46. The molecular weight excluding hydrogens is 388 g/mol. The van der Waals surface area contributed by atoms with Gasteiger partial charge in [-0.05, 0) is 25.0 Å². The summed E-state index contributed by atoms with van der Waals surface area (Å²) in [6.45, 7) is 0.196.